The molecular weight excluding hydrogens is 432 g/mol. The second kappa shape index (κ2) is 21.3. The van der Waals surface area contributed by atoms with E-state index in [0.29, 0.717) is 13.2 Å². The lowest BCUT2D eigenvalue weighted by atomic mass is 10.1. The van der Waals surface area contributed by atoms with Crippen LogP contribution in [0.25, 0.3) is 0 Å². The van der Waals surface area contributed by atoms with E-state index in [2.05, 4.69) is 19.6 Å². The molecule has 0 heterocycles. The molecule has 2 rings (SSSR count). The van der Waals surface area contributed by atoms with Crippen LogP contribution in [-0.4, -0.2) is 36.5 Å². The number of carbonyl (C=O) groups is 1. The highest BCUT2D eigenvalue weighted by molar-refractivity contribution is 5.42. The lowest BCUT2D eigenvalue weighted by Gasteiger charge is -2.14. The van der Waals surface area contributed by atoms with Gasteiger partial charge >= 0.3 is 0 Å². The van der Waals surface area contributed by atoms with Gasteiger partial charge < -0.3 is 24.4 Å². The fraction of sp³-hybridized carbons (Fsp3) is 0.321. The van der Waals surface area contributed by atoms with Crippen molar-refractivity contribution in [1.82, 2.24) is 0 Å². The molecule has 186 valence electrons. The van der Waals surface area contributed by atoms with Crippen LogP contribution in [0, 0.1) is 0 Å². The summed E-state index contributed by atoms with van der Waals surface area (Å²) >= 11 is 0. The fourth-order valence-electron chi connectivity index (χ4n) is 2.71. The van der Waals surface area contributed by atoms with E-state index < -0.39 is 0 Å². The number of hydrogen-bond donors (Lipinski definition) is 2. The molecule has 0 saturated heterocycles. The predicted octanol–water partition coefficient (Wildman–Crippen LogP) is 6.56. The van der Waals surface area contributed by atoms with Crippen molar-refractivity contribution >= 4 is 6.47 Å². The van der Waals surface area contributed by atoms with Crippen LogP contribution in [0.5, 0.6) is 17.2 Å². The molecule has 0 unspecified atom stereocenters. The number of aryl methyl sites for hydroxylation is 1. The lowest BCUT2D eigenvalue weighted by Crippen LogP contribution is -2.04. The molecular formula is C28H38O6. The van der Waals surface area contributed by atoms with E-state index in [9.17, 15) is 0 Å². The highest BCUT2D eigenvalue weighted by Gasteiger charge is 2.07. The third-order valence-corrected chi connectivity index (χ3v) is 3.96. The van der Waals surface area contributed by atoms with Gasteiger partial charge in [0, 0.05) is 13.0 Å². The summed E-state index contributed by atoms with van der Waals surface area (Å²) in [4.78, 5) is 8.36. The molecule has 0 atom stereocenters. The molecule has 2 aromatic carbocycles. The van der Waals surface area contributed by atoms with Crippen molar-refractivity contribution in [1.29, 1.82) is 0 Å². The van der Waals surface area contributed by atoms with Crippen LogP contribution in [0.15, 0.2) is 85.2 Å². The monoisotopic (exact) mass is 470 g/mol. The van der Waals surface area contributed by atoms with Gasteiger partial charge in [0.05, 0.1) is 13.2 Å². The van der Waals surface area contributed by atoms with E-state index >= 15 is 0 Å². The molecule has 0 fully saturated rings. The standard InChI is InChI=1S/C25H30O3.C2H6O.CH2O2/c1-4-11-21-20-24(28-23-14-8-7-9-15-23)16-17-25(21)27-19-10-18-26-22(12-5-2)13-6-3;1-2-3;2-1-3/h5-9,12-17,20H,2,4,10-11,18-19H2,1,3H3;3H,2H2,1H3;1H,(H,2,3)/b13-6-,22-12+;;. The number of para-hydroxylation sites is 1. The maximum atomic E-state index is 8.36. The Morgan fingerprint density at radius 2 is 1.74 bits per heavy atom. The zero-order valence-electron chi connectivity index (χ0n) is 20.5. The highest BCUT2D eigenvalue weighted by atomic mass is 16.5. The van der Waals surface area contributed by atoms with Gasteiger partial charge in [-0.15, -0.1) is 0 Å². The molecule has 0 amide bonds. The Kier molecular flexibility index (Phi) is 19.1. The third-order valence-electron chi connectivity index (χ3n) is 3.96. The zero-order chi connectivity index (χ0) is 25.4. The second-order valence-electron chi connectivity index (χ2n) is 6.71. The van der Waals surface area contributed by atoms with Gasteiger partial charge in [-0.1, -0.05) is 50.3 Å². The van der Waals surface area contributed by atoms with Gasteiger partial charge in [0.25, 0.3) is 6.47 Å². The molecule has 2 N–H and O–H groups in total. The van der Waals surface area contributed by atoms with E-state index in [1.54, 1.807) is 13.0 Å². The number of aliphatic hydroxyl groups is 1. The first-order valence-corrected chi connectivity index (χ1v) is 11.4. The summed E-state index contributed by atoms with van der Waals surface area (Å²) < 4.78 is 17.7. The Bertz CT molecular complexity index is 843. The number of aliphatic hydroxyl groups excluding tert-OH is 1. The minimum Gasteiger partial charge on any atom is -0.493 e. The van der Waals surface area contributed by atoms with E-state index in [-0.39, 0.29) is 13.1 Å². The second-order valence-corrected chi connectivity index (χ2v) is 6.71. The molecule has 0 bridgehead atoms. The first-order chi connectivity index (χ1) is 16.6. The van der Waals surface area contributed by atoms with Crippen LogP contribution >= 0.6 is 0 Å². The maximum Gasteiger partial charge on any atom is 0.290 e. The molecule has 0 aliphatic carbocycles. The Morgan fingerprint density at radius 1 is 1.06 bits per heavy atom. The molecule has 6 heteroatoms. The van der Waals surface area contributed by atoms with Gasteiger partial charge in [-0.2, -0.15) is 0 Å². The van der Waals surface area contributed by atoms with Crippen molar-refractivity contribution in [2.24, 2.45) is 0 Å². The fourth-order valence-corrected chi connectivity index (χ4v) is 2.71. The molecule has 0 spiro atoms. The van der Waals surface area contributed by atoms with Crippen LogP contribution < -0.4 is 9.47 Å². The summed E-state index contributed by atoms with van der Waals surface area (Å²) in [7, 11) is 0. The van der Waals surface area contributed by atoms with E-state index in [0.717, 1.165) is 47.8 Å². The Morgan fingerprint density at radius 3 is 2.32 bits per heavy atom. The van der Waals surface area contributed by atoms with Crippen LogP contribution in [0.4, 0.5) is 0 Å². The number of hydrogen-bond acceptors (Lipinski definition) is 5. The first kappa shape index (κ1) is 30.5. The van der Waals surface area contributed by atoms with Crippen LogP contribution in [0.3, 0.4) is 0 Å². The van der Waals surface area contributed by atoms with Crippen LogP contribution in [-0.2, 0) is 16.0 Å². The summed E-state index contributed by atoms with van der Waals surface area (Å²) in [5.41, 5.74) is 1.16. The molecule has 0 aliphatic rings. The van der Waals surface area contributed by atoms with Gasteiger partial charge in [-0.3, -0.25) is 4.79 Å². The van der Waals surface area contributed by atoms with Crippen molar-refractivity contribution in [2.75, 3.05) is 19.8 Å². The lowest BCUT2D eigenvalue weighted by molar-refractivity contribution is -0.122. The van der Waals surface area contributed by atoms with Gasteiger partial charge in [-0.05, 0) is 68.3 Å². The Hall–Kier alpha value is -3.51. The normalized spacial score (nSPS) is 10.3. The first-order valence-electron chi connectivity index (χ1n) is 11.4. The molecule has 6 nitrogen and oxygen atoms in total. The van der Waals surface area contributed by atoms with Crippen molar-refractivity contribution in [3.63, 3.8) is 0 Å². The smallest absolute Gasteiger partial charge is 0.290 e. The molecule has 0 aromatic heterocycles. The van der Waals surface area contributed by atoms with Crippen LogP contribution in [0.1, 0.15) is 39.2 Å². The minimum absolute atomic E-state index is 0.250. The van der Waals surface area contributed by atoms with Crippen molar-refractivity contribution < 1.29 is 29.2 Å². The molecule has 34 heavy (non-hydrogen) atoms. The van der Waals surface area contributed by atoms with Gasteiger partial charge in [0.15, 0.2) is 0 Å². The van der Waals surface area contributed by atoms with E-state index in [1.165, 1.54) is 0 Å². The average Bonchev–Trinajstić information content (AvgIpc) is 2.82. The molecule has 0 saturated carbocycles. The summed E-state index contributed by atoms with van der Waals surface area (Å²) in [6.07, 6.45) is 10.3. The Balaban J connectivity index is 0.00000164. The summed E-state index contributed by atoms with van der Waals surface area (Å²) in [6.45, 7) is 10.7. The number of carboxylic acid groups (broad SMARTS) is 1. The van der Waals surface area contributed by atoms with Gasteiger partial charge in [-0.25, -0.2) is 0 Å². The van der Waals surface area contributed by atoms with Gasteiger partial charge in [0.2, 0.25) is 0 Å². The van der Waals surface area contributed by atoms with Gasteiger partial charge in [0.1, 0.15) is 23.0 Å². The zero-order valence-corrected chi connectivity index (χ0v) is 20.5. The van der Waals surface area contributed by atoms with Crippen LogP contribution in [0.2, 0.25) is 0 Å². The molecule has 0 aliphatic heterocycles. The predicted molar refractivity (Wildman–Crippen MR) is 138 cm³/mol. The van der Waals surface area contributed by atoms with E-state index in [4.69, 9.17) is 29.2 Å². The molecule has 0 radical (unpaired) electrons. The van der Waals surface area contributed by atoms with Crippen molar-refractivity contribution in [2.45, 2.75) is 40.0 Å². The number of rotatable bonds is 12. The SMILES string of the molecule is C=C/C=C(\C=C/C)OCCCOc1ccc(Oc2ccccc2)cc1CCC.CCO.O=CO. The number of benzene rings is 2. The highest BCUT2D eigenvalue weighted by Crippen LogP contribution is 2.29. The molecule has 2 aromatic rings. The van der Waals surface area contributed by atoms with E-state index in [1.807, 2.05) is 67.6 Å². The van der Waals surface area contributed by atoms with Crippen molar-refractivity contribution in [3.8, 4) is 17.2 Å². The Labute approximate surface area is 203 Å². The maximum absolute atomic E-state index is 8.36. The average molecular weight is 471 g/mol. The number of allylic oxidation sites excluding steroid dienone is 4. The summed E-state index contributed by atoms with van der Waals surface area (Å²) in [5.74, 6) is 3.39. The summed E-state index contributed by atoms with van der Waals surface area (Å²) in [5, 5.41) is 14.5. The topological polar surface area (TPSA) is 85.2 Å². The number of ether oxygens (including phenoxy) is 3. The van der Waals surface area contributed by atoms with Crippen molar-refractivity contribution in [3.05, 3.63) is 90.7 Å². The quantitative estimate of drug-likeness (QED) is 0.158. The minimum atomic E-state index is -0.250. The summed E-state index contributed by atoms with van der Waals surface area (Å²) in [6, 6.07) is 15.8. The largest absolute Gasteiger partial charge is 0.493 e. The third kappa shape index (κ3) is 14.5.